The minimum atomic E-state index is -0.768. The molecule has 0 spiro atoms. The second kappa shape index (κ2) is 3.75. The van der Waals surface area contributed by atoms with Crippen LogP contribution >= 0.6 is 0 Å². The fraction of sp³-hybridized carbons (Fsp3) is 0.333. The fourth-order valence-corrected chi connectivity index (χ4v) is 9.35. The standard InChI is InChI=1S/C9H14SiTe/c1-10(2,3)11-9-7-5-4-6-8-9/h4-8H,1-3H3. The molecule has 0 aliphatic rings. The molecule has 0 saturated carbocycles. The first-order chi connectivity index (χ1) is 5.08. The van der Waals surface area contributed by atoms with E-state index in [4.69, 9.17) is 0 Å². The Morgan fingerprint density at radius 3 is 2.00 bits per heavy atom. The Morgan fingerprint density at radius 2 is 1.55 bits per heavy atom. The zero-order valence-corrected chi connectivity index (χ0v) is 10.6. The summed E-state index contributed by atoms with van der Waals surface area (Å²) in [4.78, 5) is 0. The van der Waals surface area contributed by atoms with Gasteiger partial charge in [-0.15, -0.1) is 0 Å². The van der Waals surface area contributed by atoms with Crippen LogP contribution in [0.1, 0.15) is 0 Å². The van der Waals surface area contributed by atoms with Crippen molar-refractivity contribution in [3.63, 3.8) is 0 Å². The van der Waals surface area contributed by atoms with Gasteiger partial charge in [0.25, 0.3) is 0 Å². The van der Waals surface area contributed by atoms with Gasteiger partial charge in [0.05, 0.1) is 0 Å². The predicted octanol–water partition coefficient (Wildman–Crippen LogP) is 1.85. The van der Waals surface area contributed by atoms with E-state index in [1.54, 1.807) is 3.61 Å². The van der Waals surface area contributed by atoms with Gasteiger partial charge < -0.3 is 0 Å². The predicted molar refractivity (Wildman–Crippen MR) is 55.2 cm³/mol. The maximum atomic E-state index is 2.46. The molecule has 0 N–H and O–H groups in total. The summed E-state index contributed by atoms with van der Waals surface area (Å²) in [5.41, 5.74) is -0.768. The third kappa shape index (κ3) is 3.96. The summed E-state index contributed by atoms with van der Waals surface area (Å²) < 4.78 is 1.62. The number of rotatable bonds is 2. The summed E-state index contributed by atoms with van der Waals surface area (Å²) in [7, 11) is 0. The molecule has 0 saturated heterocycles. The summed E-state index contributed by atoms with van der Waals surface area (Å²) in [6.07, 6.45) is 0. The molecule has 0 radical (unpaired) electrons. The summed E-state index contributed by atoms with van der Waals surface area (Å²) in [6, 6.07) is 11.0. The zero-order valence-electron chi connectivity index (χ0n) is 7.29. The first-order valence-corrected chi connectivity index (χ1v) is 11.9. The van der Waals surface area contributed by atoms with Gasteiger partial charge in [-0.2, -0.15) is 0 Å². The molecule has 1 aromatic carbocycles. The van der Waals surface area contributed by atoms with E-state index in [9.17, 15) is 0 Å². The van der Waals surface area contributed by atoms with Gasteiger partial charge in [0.2, 0.25) is 0 Å². The van der Waals surface area contributed by atoms with E-state index in [0.29, 0.717) is 0 Å². The number of hydrogen-bond acceptors (Lipinski definition) is 0. The van der Waals surface area contributed by atoms with Crippen molar-refractivity contribution < 1.29 is 0 Å². The molecule has 0 aliphatic heterocycles. The molecule has 0 heterocycles. The summed E-state index contributed by atoms with van der Waals surface area (Å²) >= 11 is 0.145. The van der Waals surface area contributed by atoms with Crippen molar-refractivity contribution in [2.75, 3.05) is 0 Å². The van der Waals surface area contributed by atoms with Crippen LogP contribution in [0.15, 0.2) is 30.3 Å². The average Bonchev–Trinajstić information content (AvgIpc) is 1.85. The molecule has 2 heteroatoms. The Labute approximate surface area is 79.2 Å². The van der Waals surface area contributed by atoms with Crippen LogP contribution in [0.4, 0.5) is 0 Å². The van der Waals surface area contributed by atoms with Gasteiger partial charge in [0.15, 0.2) is 0 Å². The van der Waals surface area contributed by atoms with Crippen molar-refractivity contribution >= 4 is 29.4 Å². The molecule has 0 aliphatic carbocycles. The Hall–Kier alpha value is 0.226. The third-order valence-corrected chi connectivity index (χ3v) is 10.1. The molecule has 0 amide bonds. The van der Waals surface area contributed by atoms with Crippen LogP contribution in [0.2, 0.25) is 19.6 Å². The first-order valence-electron chi connectivity index (χ1n) is 3.82. The summed E-state index contributed by atoms with van der Waals surface area (Å²) in [5, 5.41) is 0. The molecular formula is C9H14SiTe. The SMILES string of the molecule is C[Si](C)(C)[Te]c1ccccc1. The summed E-state index contributed by atoms with van der Waals surface area (Å²) in [6.45, 7) is 7.38. The van der Waals surface area contributed by atoms with Crippen molar-refractivity contribution in [1.82, 2.24) is 0 Å². The van der Waals surface area contributed by atoms with Crippen molar-refractivity contribution in [3.05, 3.63) is 30.3 Å². The first kappa shape index (κ1) is 9.32. The van der Waals surface area contributed by atoms with Gasteiger partial charge >= 0.3 is 79.3 Å². The molecule has 0 fully saturated rings. The number of benzene rings is 1. The van der Waals surface area contributed by atoms with E-state index in [-0.39, 0.29) is 20.1 Å². The molecule has 1 rings (SSSR count). The Balaban J connectivity index is 2.66. The van der Waals surface area contributed by atoms with Crippen LogP contribution in [0.25, 0.3) is 0 Å². The molecule has 0 atom stereocenters. The normalized spacial score (nSPS) is 11.5. The van der Waals surface area contributed by atoms with Gasteiger partial charge in [-0.25, -0.2) is 0 Å². The van der Waals surface area contributed by atoms with Gasteiger partial charge in [0.1, 0.15) is 0 Å². The molecular weight excluding hydrogens is 264 g/mol. The zero-order chi connectivity index (χ0) is 8.32. The van der Waals surface area contributed by atoms with Crippen molar-refractivity contribution in [3.8, 4) is 0 Å². The molecule has 0 nitrogen and oxygen atoms in total. The van der Waals surface area contributed by atoms with Crippen LogP contribution in [-0.2, 0) is 0 Å². The van der Waals surface area contributed by atoms with Crippen LogP contribution in [0, 0.1) is 0 Å². The van der Waals surface area contributed by atoms with E-state index in [2.05, 4.69) is 50.0 Å². The maximum absolute atomic E-state index is 2.46. The van der Waals surface area contributed by atoms with Crippen LogP contribution in [0.5, 0.6) is 0 Å². The summed E-state index contributed by atoms with van der Waals surface area (Å²) in [5.74, 6) is 0. The van der Waals surface area contributed by atoms with Crippen LogP contribution in [0.3, 0.4) is 0 Å². The van der Waals surface area contributed by atoms with Crippen LogP contribution in [-0.4, -0.2) is 25.8 Å². The topological polar surface area (TPSA) is 0 Å². The Kier molecular flexibility index (Phi) is 3.18. The molecule has 0 bridgehead atoms. The minimum absolute atomic E-state index is 0.145. The van der Waals surface area contributed by atoms with E-state index < -0.39 is 5.62 Å². The van der Waals surface area contributed by atoms with Gasteiger partial charge in [-0.1, -0.05) is 0 Å². The monoisotopic (exact) mass is 280 g/mol. The Morgan fingerprint density at radius 1 is 1.00 bits per heavy atom. The van der Waals surface area contributed by atoms with Crippen LogP contribution < -0.4 is 3.61 Å². The average molecular weight is 278 g/mol. The van der Waals surface area contributed by atoms with E-state index in [1.165, 1.54) is 0 Å². The quantitative estimate of drug-likeness (QED) is 0.724. The van der Waals surface area contributed by atoms with E-state index >= 15 is 0 Å². The van der Waals surface area contributed by atoms with Crippen molar-refractivity contribution in [2.24, 2.45) is 0 Å². The van der Waals surface area contributed by atoms with E-state index in [1.807, 2.05) is 0 Å². The van der Waals surface area contributed by atoms with Gasteiger partial charge in [-0.05, 0) is 0 Å². The second-order valence-electron chi connectivity index (χ2n) is 3.53. The molecule has 1 aromatic rings. The van der Waals surface area contributed by atoms with Crippen molar-refractivity contribution in [2.45, 2.75) is 19.6 Å². The second-order valence-corrected chi connectivity index (χ2v) is 21.5. The third-order valence-electron chi connectivity index (χ3n) is 1.17. The Bertz CT molecular complexity index is 213. The molecule has 0 aromatic heterocycles. The van der Waals surface area contributed by atoms with Crippen molar-refractivity contribution in [1.29, 1.82) is 0 Å². The van der Waals surface area contributed by atoms with Gasteiger partial charge in [-0.3, -0.25) is 0 Å². The molecule has 11 heavy (non-hydrogen) atoms. The van der Waals surface area contributed by atoms with E-state index in [0.717, 1.165) is 0 Å². The molecule has 60 valence electrons. The molecule has 0 unspecified atom stereocenters. The van der Waals surface area contributed by atoms with Gasteiger partial charge in [0, 0.05) is 0 Å². The number of hydrogen-bond donors (Lipinski definition) is 0. The fourth-order valence-electron chi connectivity index (χ4n) is 0.842.